The van der Waals surface area contributed by atoms with E-state index in [4.69, 9.17) is 0 Å². The van der Waals surface area contributed by atoms with Gasteiger partial charge in [-0.2, -0.15) is 0 Å². The molecule has 2 atom stereocenters. The van der Waals surface area contributed by atoms with Gasteiger partial charge in [0.25, 0.3) is 0 Å². The zero-order chi connectivity index (χ0) is 20.5. The van der Waals surface area contributed by atoms with E-state index in [1.807, 2.05) is 34.8 Å². The summed E-state index contributed by atoms with van der Waals surface area (Å²) < 4.78 is 1.94. The van der Waals surface area contributed by atoms with Crippen molar-refractivity contribution < 1.29 is 9.59 Å². The van der Waals surface area contributed by atoms with Crippen LogP contribution < -0.4 is 10.2 Å². The third-order valence-electron chi connectivity index (χ3n) is 6.06. The van der Waals surface area contributed by atoms with Crippen LogP contribution in [-0.2, 0) is 16.6 Å². The molecule has 0 radical (unpaired) electrons. The van der Waals surface area contributed by atoms with E-state index in [1.165, 1.54) is 5.56 Å². The summed E-state index contributed by atoms with van der Waals surface area (Å²) in [7, 11) is 1.93. The molecule has 0 spiro atoms. The first-order valence-electron chi connectivity index (χ1n) is 10.4. The number of nitrogens with zero attached hydrogens (tertiary/aromatic N) is 4. The van der Waals surface area contributed by atoms with Crippen molar-refractivity contribution in [3.05, 3.63) is 48.0 Å². The van der Waals surface area contributed by atoms with Gasteiger partial charge in [0, 0.05) is 51.3 Å². The third-order valence-corrected chi connectivity index (χ3v) is 6.06. The van der Waals surface area contributed by atoms with Crippen molar-refractivity contribution in [1.29, 1.82) is 0 Å². The van der Waals surface area contributed by atoms with E-state index in [-0.39, 0.29) is 30.3 Å². The Morgan fingerprint density at radius 1 is 1.20 bits per heavy atom. The number of nitrogens with one attached hydrogen (secondary N) is 1. The van der Waals surface area contributed by atoms with E-state index in [9.17, 15) is 9.59 Å². The van der Waals surface area contributed by atoms with Crippen LogP contribution in [0.1, 0.15) is 43.6 Å². The molecule has 0 bridgehead atoms. The number of carbonyl (C=O) groups is 2. The Balaban J connectivity index is 0.00000256. The lowest BCUT2D eigenvalue weighted by Gasteiger charge is -2.37. The van der Waals surface area contributed by atoms with Crippen LogP contribution in [0, 0.1) is 5.92 Å². The van der Waals surface area contributed by atoms with Crippen LogP contribution >= 0.6 is 12.4 Å². The maximum absolute atomic E-state index is 13.4. The van der Waals surface area contributed by atoms with Crippen molar-refractivity contribution >= 4 is 29.9 Å². The lowest BCUT2D eigenvalue weighted by molar-refractivity contribution is -0.142. The van der Waals surface area contributed by atoms with Crippen molar-refractivity contribution in [2.45, 2.75) is 32.2 Å². The van der Waals surface area contributed by atoms with Crippen LogP contribution in [0.2, 0.25) is 0 Å². The molecular weight excluding hydrogens is 402 g/mol. The third kappa shape index (κ3) is 4.09. The van der Waals surface area contributed by atoms with E-state index in [0.29, 0.717) is 32.0 Å². The summed E-state index contributed by atoms with van der Waals surface area (Å²) in [5, 5.41) is 3.34. The quantitative estimate of drug-likeness (QED) is 0.755. The van der Waals surface area contributed by atoms with Gasteiger partial charge in [0.1, 0.15) is 17.8 Å². The number of aromatic nitrogens is 2. The molecule has 30 heavy (non-hydrogen) atoms. The number of aryl methyl sites for hydroxylation is 1. The summed E-state index contributed by atoms with van der Waals surface area (Å²) in [6.45, 7) is 6.84. The van der Waals surface area contributed by atoms with Crippen LogP contribution in [0.3, 0.4) is 0 Å². The molecule has 162 valence electrons. The van der Waals surface area contributed by atoms with Crippen LogP contribution in [0.4, 0.5) is 5.69 Å². The molecule has 2 saturated heterocycles. The molecule has 1 aromatic carbocycles. The smallest absolute Gasteiger partial charge is 0.239 e. The van der Waals surface area contributed by atoms with Crippen molar-refractivity contribution in [2.24, 2.45) is 13.0 Å². The predicted octanol–water partition coefficient (Wildman–Crippen LogP) is 2.49. The standard InChI is InChI=1S/C22H29N5O2.ClH/c1-15(2)16-4-6-17(7-5-16)26-11-8-18(21(26)28)22(29)27-13-9-23-14-19(27)20-24-10-12-25(20)3;/h4-7,10,12,15,18-19,23H,8-9,11,13-14H2,1-3H3;1H. The first kappa shape index (κ1) is 22.3. The molecule has 2 aliphatic heterocycles. The van der Waals surface area contributed by atoms with Gasteiger partial charge in [0.2, 0.25) is 11.8 Å². The fourth-order valence-corrected chi connectivity index (χ4v) is 4.30. The summed E-state index contributed by atoms with van der Waals surface area (Å²) in [5.74, 6) is 0.511. The zero-order valence-corrected chi connectivity index (χ0v) is 18.6. The van der Waals surface area contributed by atoms with E-state index in [1.54, 1.807) is 11.1 Å². The van der Waals surface area contributed by atoms with Gasteiger partial charge in [-0.15, -0.1) is 12.4 Å². The topological polar surface area (TPSA) is 70.5 Å². The number of rotatable bonds is 4. The highest BCUT2D eigenvalue weighted by Crippen LogP contribution is 2.30. The molecule has 2 amide bonds. The van der Waals surface area contributed by atoms with Gasteiger partial charge < -0.3 is 19.7 Å². The number of benzene rings is 1. The molecule has 1 aromatic heterocycles. The summed E-state index contributed by atoms with van der Waals surface area (Å²) >= 11 is 0. The first-order chi connectivity index (χ1) is 14.0. The molecular formula is C22H30ClN5O2. The van der Waals surface area contributed by atoms with E-state index in [2.05, 4.69) is 36.3 Å². The molecule has 2 unspecified atom stereocenters. The molecule has 2 fully saturated rings. The number of hydrogen-bond donors (Lipinski definition) is 1. The van der Waals surface area contributed by atoms with Crippen molar-refractivity contribution in [2.75, 3.05) is 31.1 Å². The second-order valence-corrected chi connectivity index (χ2v) is 8.23. The van der Waals surface area contributed by atoms with Crippen LogP contribution in [0.15, 0.2) is 36.7 Å². The Labute approximate surface area is 183 Å². The minimum absolute atomic E-state index is 0. The fourth-order valence-electron chi connectivity index (χ4n) is 4.30. The van der Waals surface area contributed by atoms with Crippen LogP contribution in [0.25, 0.3) is 0 Å². The van der Waals surface area contributed by atoms with Gasteiger partial charge in [-0.3, -0.25) is 9.59 Å². The Bertz CT molecular complexity index is 895. The number of piperazine rings is 1. The summed E-state index contributed by atoms with van der Waals surface area (Å²) in [5.41, 5.74) is 2.11. The highest BCUT2D eigenvalue weighted by Gasteiger charge is 2.42. The molecule has 2 aliphatic rings. The molecule has 0 aliphatic carbocycles. The number of hydrogen-bond acceptors (Lipinski definition) is 4. The van der Waals surface area contributed by atoms with Crippen molar-refractivity contribution in [3.8, 4) is 0 Å². The SMILES string of the molecule is CC(C)c1ccc(N2CCC(C(=O)N3CCNCC3c3nccn3C)C2=O)cc1.Cl. The molecule has 0 saturated carbocycles. The highest BCUT2D eigenvalue weighted by atomic mass is 35.5. The molecule has 8 heteroatoms. The second-order valence-electron chi connectivity index (χ2n) is 8.23. The molecule has 2 aromatic rings. The van der Waals surface area contributed by atoms with Gasteiger partial charge in [0.15, 0.2) is 0 Å². The average Bonchev–Trinajstić information content (AvgIpc) is 3.33. The maximum Gasteiger partial charge on any atom is 0.239 e. The minimum atomic E-state index is -0.611. The Morgan fingerprint density at radius 2 is 1.93 bits per heavy atom. The molecule has 1 N–H and O–H groups in total. The highest BCUT2D eigenvalue weighted by molar-refractivity contribution is 6.09. The Morgan fingerprint density at radius 3 is 2.57 bits per heavy atom. The Hall–Kier alpha value is -2.38. The van der Waals surface area contributed by atoms with Gasteiger partial charge in [-0.25, -0.2) is 4.98 Å². The van der Waals surface area contributed by atoms with Gasteiger partial charge in [-0.05, 0) is 30.0 Å². The number of halogens is 1. The van der Waals surface area contributed by atoms with E-state index in [0.717, 1.165) is 18.1 Å². The number of amides is 2. The lowest BCUT2D eigenvalue weighted by Crippen LogP contribution is -2.52. The first-order valence-corrected chi connectivity index (χ1v) is 10.4. The van der Waals surface area contributed by atoms with Crippen LogP contribution in [0.5, 0.6) is 0 Å². The normalized spacial score (nSPS) is 21.8. The number of anilines is 1. The fraction of sp³-hybridized carbons (Fsp3) is 0.500. The summed E-state index contributed by atoms with van der Waals surface area (Å²) in [4.78, 5) is 34.5. The summed E-state index contributed by atoms with van der Waals surface area (Å²) in [6.07, 6.45) is 4.19. The van der Waals surface area contributed by atoms with Crippen LogP contribution in [-0.4, -0.2) is 52.4 Å². The predicted molar refractivity (Wildman–Crippen MR) is 119 cm³/mol. The average molecular weight is 432 g/mol. The monoisotopic (exact) mass is 431 g/mol. The largest absolute Gasteiger partial charge is 0.336 e. The summed E-state index contributed by atoms with van der Waals surface area (Å²) in [6, 6.07) is 7.96. The van der Waals surface area contributed by atoms with Crippen molar-refractivity contribution in [3.63, 3.8) is 0 Å². The van der Waals surface area contributed by atoms with E-state index < -0.39 is 5.92 Å². The number of imidazole rings is 1. The van der Waals surface area contributed by atoms with Gasteiger partial charge in [-0.1, -0.05) is 26.0 Å². The number of carbonyl (C=O) groups excluding carboxylic acids is 2. The van der Waals surface area contributed by atoms with Gasteiger partial charge >= 0.3 is 0 Å². The molecule has 4 rings (SSSR count). The van der Waals surface area contributed by atoms with Crippen molar-refractivity contribution in [1.82, 2.24) is 19.8 Å². The second kappa shape index (κ2) is 9.18. The Kier molecular flexibility index (Phi) is 6.83. The van der Waals surface area contributed by atoms with Gasteiger partial charge in [0.05, 0.1) is 0 Å². The lowest BCUT2D eigenvalue weighted by atomic mass is 10.0. The molecule has 3 heterocycles. The maximum atomic E-state index is 13.4. The van der Waals surface area contributed by atoms with E-state index >= 15 is 0 Å². The minimum Gasteiger partial charge on any atom is -0.336 e. The molecule has 7 nitrogen and oxygen atoms in total. The zero-order valence-electron chi connectivity index (χ0n) is 17.7.